The third kappa shape index (κ3) is 74.4. The molecule has 0 aromatic rings. The van der Waals surface area contributed by atoms with Gasteiger partial charge in [-0.15, -0.1) is 0 Å². The number of rotatable bonds is 1. The quantitative estimate of drug-likeness (QED) is 0.509. The Labute approximate surface area is 74.0 Å². The molecular formula is C3H7Cl3NO2P. The van der Waals surface area contributed by atoms with Gasteiger partial charge in [-0.1, -0.05) is 0 Å². The van der Waals surface area contributed by atoms with Gasteiger partial charge in [-0.2, -0.15) is 0 Å². The number of hydrogen-bond acceptors (Lipinski definition) is 2. The lowest BCUT2D eigenvalue weighted by Crippen LogP contribution is -2.06. The van der Waals surface area contributed by atoms with Crippen LogP contribution < -0.4 is 0 Å². The zero-order valence-electron chi connectivity index (χ0n) is 5.42. The van der Waals surface area contributed by atoms with Crippen molar-refractivity contribution in [2.45, 2.75) is 0 Å². The second kappa shape index (κ2) is 6.29. The Bertz CT molecular complexity index is 125. The van der Waals surface area contributed by atoms with Crippen LogP contribution in [-0.2, 0) is 9.36 Å². The van der Waals surface area contributed by atoms with Crippen molar-refractivity contribution in [3.05, 3.63) is 0 Å². The molecule has 0 fully saturated rings. The smallest absolute Gasteiger partial charge is 0.339 e. The Balaban J connectivity index is 0. The van der Waals surface area contributed by atoms with Gasteiger partial charge >= 0.3 is 5.20 Å². The topological polar surface area (TPSA) is 37.4 Å². The van der Waals surface area contributed by atoms with Crippen molar-refractivity contribution in [2.24, 2.45) is 0 Å². The summed E-state index contributed by atoms with van der Waals surface area (Å²) in [4.78, 5) is 10.9. The van der Waals surface area contributed by atoms with E-state index in [4.69, 9.17) is 0 Å². The summed E-state index contributed by atoms with van der Waals surface area (Å²) in [6, 6.07) is 0. The van der Waals surface area contributed by atoms with Crippen LogP contribution in [0.1, 0.15) is 0 Å². The molecule has 7 heteroatoms. The van der Waals surface area contributed by atoms with Gasteiger partial charge in [0.15, 0.2) is 0 Å². The third-order valence-electron chi connectivity index (χ3n) is 0.211. The number of halogens is 3. The molecule has 0 unspecified atom stereocenters. The zero-order chi connectivity index (χ0) is 8.78. The first kappa shape index (κ1) is 13.2. The summed E-state index contributed by atoms with van der Waals surface area (Å²) in [6.07, 6.45) is 0.750. The molecular weight excluding hydrogens is 219 g/mol. The first-order valence-corrected chi connectivity index (χ1v) is 6.50. The number of nitrogens with zero attached hydrogens (tertiary/aromatic N) is 1. The molecule has 62 valence electrons. The molecule has 0 aromatic heterocycles. The van der Waals surface area contributed by atoms with E-state index < -0.39 is 5.20 Å². The first-order valence-electron chi connectivity index (χ1n) is 2.08. The van der Waals surface area contributed by atoms with Gasteiger partial charge in [-0.05, 0) is 33.7 Å². The molecule has 3 nitrogen and oxygen atoms in total. The summed E-state index contributed by atoms with van der Waals surface area (Å²) in [5.41, 5.74) is 0. The highest BCUT2D eigenvalue weighted by Crippen LogP contribution is 2.61. The van der Waals surface area contributed by atoms with E-state index >= 15 is 0 Å². The maximum Gasteiger partial charge on any atom is 0.339 e. The van der Waals surface area contributed by atoms with Crippen LogP contribution in [0.5, 0.6) is 0 Å². The molecule has 0 atom stereocenters. The van der Waals surface area contributed by atoms with Crippen LogP contribution >= 0.6 is 38.9 Å². The van der Waals surface area contributed by atoms with Crippen molar-refractivity contribution in [1.29, 1.82) is 0 Å². The monoisotopic (exact) mass is 225 g/mol. The van der Waals surface area contributed by atoms with Crippen LogP contribution in [0.2, 0.25) is 0 Å². The van der Waals surface area contributed by atoms with E-state index in [0.29, 0.717) is 0 Å². The maximum absolute atomic E-state index is 9.51. The largest absolute Gasteiger partial charge is 0.351 e. The van der Waals surface area contributed by atoms with E-state index in [9.17, 15) is 9.36 Å². The molecule has 0 bridgehead atoms. The Morgan fingerprint density at radius 1 is 1.30 bits per heavy atom. The second-order valence-corrected chi connectivity index (χ2v) is 8.11. The predicted octanol–water partition coefficient (Wildman–Crippen LogP) is 2.52. The van der Waals surface area contributed by atoms with Gasteiger partial charge in [0.25, 0.3) is 0 Å². The average Bonchev–Trinajstić information content (AvgIpc) is 1.61. The lowest BCUT2D eigenvalue weighted by Gasteiger charge is -1.93. The lowest BCUT2D eigenvalue weighted by molar-refractivity contribution is -0.115. The van der Waals surface area contributed by atoms with Gasteiger partial charge in [-0.3, -0.25) is 9.36 Å². The van der Waals surface area contributed by atoms with E-state index in [1.54, 1.807) is 14.1 Å². The standard InChI is InChI=1S/C3H7NO.Cl3OP/c1-4(2)3-5;1-5(2,3)4/h3H,1-2H3;. The van der Waals surface area contributed by atoms with Gasteiger partial charge < -0.3 is 4.90 Å². The fraction of sp³-hybridized carbons (Fsp3) is 0.667. The van der Waals surface area contributed by atoms with Crippen molar-refractivity contribution in [2.75, 3.05) is 14.1 Å². The highest BCUT2D eigenvalue weighted by Gasteiger charge is 2.02. The van der Waals surface area contributed by atoms with Crippen molar-refractivity contribution in [1.82, 2.24) is 4.90 Å². The Kier molecular flexibility index (Phi) is 8.29. The highest BCUT2D eigenvalue weighted by atomic mass is 36.0. The van der Waals surface area contributed by atoms with E-state index in [1.807, 2.05) is 0 Å². The molecule has 0 aliphatic heterocycles. The van der Waals surface area contributed by atoms with Crippen molar-refractivity contribution in [3.8, 4) is 0 Å². The highest BCUT2D eigenvalue weighted by molar-refractivity contribution is 8.24. The molecule has 0 saturated carbocycles. The molecule has 0 radical (unpaired) electrons. The third-order valence-corrected chi connectivity index (χ3v) is 0.211. The van der Waals surface area contributed by atoms with Crippen LogP contribution in [-0.4, -0.2) is 25.4 Å². The fourth-order valence-electron chi connectivity index (χ4n) is 0. The molecule has 0 rings (SSSR count). The molecule has 0 heterocycles. The van der Waals surface area contributed by atoms with Crippen LogP contribution in [0.15, 0.2) is 0 Å². The molecule has 0 aliphatic rings. The molecule has 0 aliphatic carbocycles. The summed E-state index contributed by atoms with van der Waals surface area (Å²) in [6.45, 7) is 0. The Hall–Kier alpha value is 0.570. The van der Waals surface area contributed by atoms with Gasteiger partial charge in [0.05, 0.1) is 0 Å². The summed E-state index contributed by atoms with van der Waals surface area (Å²) >= 11 is 13.8. The van der Waals surface area contributed by atoms with Gasteiger partial charge in [0, 0.05) is 14.1 Å². The molecule has 10 heavy (non-hydrogen) atoms. The van der Waals surface area contributed by atoms with Crippen molar-refractivity contribution >= 4 is 45.3 Å². The molecule has 0 saturated heterocycles. The predicted molar refractivity (Wildman–Crippen MR) is 44.9 cm³/mol. The Morgan fingerprint density at radius 2 is 1.40 bits per heavy atom. The average molecular weight is 226 g/mol. The molecule has 1 amide bonds. The van der Waals surface area contributed by atoms with Crippen LogP contribution in [0, 0.1) is 0 Å². The number of amides is 1. The molecule has 0 spiro atoms. The number of carbonyl (C=O) groups is 1. The molecule has 0 N–H and O–H groups in total. The summed E-state index contributed by atoms with van der Waals surface area (Å²) in [5, 5.41) is -3.22. The minimum atomic E-state index is -3.22. The van der Waals surface area contributed by atoms with Gasteiger partial charge in [0.2, 0.25) is 6.41 Å². The van der Waals surface area contributed by atoms with E-state index in [1.165, 1.54) is 4.90 Å². The normalized spacial score (nSPS) is 9.30. The van der Waals surface area contributed by atoms with Crippen LogP contribution in [0.4, 0.5) is 0 Å². The van der Waals surface area contributed by atoms with E-state index in [-0.39, 0.29) is 0 Å². The summed E-state index contributed by atoms with van der Waals surface area (Å²) < 4.78 is 9.51. The zero-order valence-corrected chi connectivity index (χ0v) is 8.58. The van der Waals surface area contributed by atoms with E-state index in [2.05, 4.69) is 33.7 Å². The Morgan fingerprint density at radius 3 is 1.40 bits per heavy atom. The summed E-state index contributed by atoms with van der Waals surface area (Å²) in [5.74, 6) is 0. The lowest BCUT2D eigenvalue weighted by atomic mass is 11.0. The van der Waals surface area contributed by atoms with Gasteiger partial charge in [0.1, 0.15) is 0 Å². The molecule has 0 aromatic carbocycles. The van der Waals surface area contributed by atoms with Crippen LogP contribution in [0.25, 0.3) is 0 Å². The van der Waals surface area contributed by atoms with Crippen LogP contribution in [0.3, 0.4) is 0 Å². The van der Waals surface area contributed by atoms with Gasteiger partial charge in [-0.25, -0.2) is 0 Å². The maximum atomic E-state index is 9.51. The van der Waals surface area contributed by atoms with Crippen molar-refractivity contribution < 1.29 is 9.36 Å². The minimum Gasteiger partial charge on any atom is -0.351 e. The first-order chi connectivity index (χ1) is 4.27. The minimum absolute atomic E-state index is 0.750. The number of hydrogen-bond donors (Lipinski definition) is 0. The fourth-order valence-corrected chi connectivity index (χ4v) is 0. The van der Waals surface area contributed by atoms with E-state index in [0.717, 1.165) is 6.41 Å². The van der Waals surface area contributed by atoms with Crippen molar-refractivity contribution in [3.63, 3.8) is 0 Å². The SMILES string of the molecule is CN(C)C=O.O=P(Cl)(Cl)Cl. The second-order valence-electron chi connectivity index (χ2n) is 1.47. The summed E-state index contributed by atoms with van der Waals surface area (Å²) in [7, 11) is 3.38. The number of carbonyl (C=O) groups excluding carboxylic acids is 1.